The van der Waals surface area contributed by atoms with Crippen LogP contribution in [0.5, 0.6) is 0 Å². The smallest absolute Gasteiger partial charge is 0.0115 e. The first-order valence-corrected chi connectivity index (χ1v) is 2.85. The minimum absolute atomic E-state index is 0.609. The molecule has 0 aliphatic heterocycles. The minimum atomic E-state index is 0.609. The van der Waals surface area contributed by atoms with Crippen molar-refractivity contribution < 1.29 is 0 Å². The van der Waals surface area contributed by atoms with E-state index in [1.54, 1.807) is 0 Å². The Morgan fingerprint density at radius 1 is 1.88 bits per heavy atom. The zero-order valence-electron chi connectivity index (χ0n) is 5.35. The first-order chi connectivity index (χ1) is 3.81. The van der Waals surface area contributed by atoms with Crippen LogP contribution in [-0.4, -0.2) is 0 Å². The van der Waals surface area contributed by atoms with Crippen LogP contribution in [0.4, 0.5) is 0 Å². The highest BCUT2D eigenvalue weighted by Gasteiger charge is 1.93. The second kappa shape index (κ2) is 4.46. The number of hydrogen-bond acceptors (Lipinski definition) is 0. The van der Waals surface area contributed by atoms with Gasteiger partial charge in [-0.3, -0.25) is 0 Å². The molecule has 0 bridgehead atoms. The number of terminal acetylenes is 1. The van der Waals surface area contributed by atoms with Gasteiger partial charge in [0.2, 0.25) is 0 Å². The summed E-state index contributed by atoms with van der Waals surface area (Å²) in [5.74, 6) is 3.21. The van der Waals surface area contributed by atoms with E-state index < -0.39 is 0 Å². The SMILES string of the molecule is C#CCC(C)CC=C. The number of allylic oxidation sites excluding steroid dienone is 1. The lowest BCUT2D eigenvalue weighted by Gasteiger charge is -1.99. The maximum Gasteiger partial charge on any atom is 0.0115 e. The van der Waals surface area contributed by atoms with Gasteiger partial charge in [-0.2, -0.15) is 0 Å². The quantitative estimate of drug-likeness (QED) is 0.384. The van der Waals surface area contributed by atoms with Crippen LogP contribution in [0.1, 0.15) is 19.8 Å². The minimum Gasteiger partial charge on any atom is -0.120 e. The fraction of sp³-hybridized carbons (Fsp3) is 0.500. The van der Waals surface area contributed by atoms with Gasteiger partial charge in [0.15, 0.2) is 0 Å². The molecule has 0 rings (SSSR count). The molecule has 0 saturated heterocycles. The molecule has 0 spiro atoms. The number of rotatable bonds is 3. The highest BCUT2D eigenvalue weighted by Crippen LogP contribution is 2.04. The molecular formula is C8H12. The second-order valence-corrected chi connectivity index (χ2v) is 2.04. The Balaban J connectivity index is 3.20. The van der Waals surface area contributed by atoms with Crippen LogP contribution >= 0.6 is 0 Å². The average molecular weight is 108 g/mol. The molecule has 44 valence electrons. The first-order valence-electron chi connectivity index (χ1n) is 2.85. The normalized spacial score (nSPS) is 12.0. The number of hydrogen-bond donors (Lipinski definition) is 0. The van der Waals surface area contributed by atoms with Crippen molar-refractivity contribution in [2.24, 2.45) is 5.92 Å². The van der Waals surface area contributed by atoms with Crippen molar-refractivity contribution >= 4 is 0 Å². The van der Waals surface area contributed by atoms with Gasteiger partial charge < -0.3 is 0 Å². The summed E-state index contributed by atoms with van der Waals surface area (Å²) in [4.78, 5) is 0. The highest BCUT2D eigenvalue weighted by molar-refractivity contribution is 4.87. The summed E-state index contributed by atoms with van der Waals surface area (Å²) in [6, 6.07) is 0. The van der Waals surface area contributed by atoms with E-state index in [2.05, 4.69) is 19.4 Å². The van der Waals surface area contributed by atoms with E-state index in [0.29, 0.717) is 5.92 Å². The van der Waals surface area contributed by atoms with Crippen molar-refractivity contribution in [3.8, 4) is 12.3 Å². The molecule has 0 aromatic rings. The summed E-state index contributed by atoms with van der Waals surface area (Å²) >= 11 is 0. The van der Waals surface area contributed by atoms with Gasteiger partial charge in [-0.1, -0.05) is 13.0 Å². The van der Waals surface area contributed by atoms with E-state index >= 15 is 0 Å². The van der Waals surface area contributed by atoms with Gasteiger partial charge in [0.25, 0.3) is 0 Å². The van der Waals surface area contributed by atoms with Crippen LogP contribution in [0, 0.1) is 18.3 Å². The molecule has 1 unspecified atom stereocenters. The molecular weight excluding hydrogens is 96.1 g/mol. The van der Waals surface area contributed by atoms with E-state index in [9.17, 15) is 0 Å². The summed E-state index contributed by atoms with van der Waals surface area (Å²) < 4.78 is 0. The van der Waals surface area contributed by atoms with E-state index in [0.717, 1.165) is 12.8 Å². The zero-order valence-corrected chi connectivity index (χ0v) is 5.35. The highest BCUT2D eigenvalue weighted by atomic mass is 14.0. The molecule has 0 nitrogen and oxygen atoms in total. The molecule has 1 atom stereocenters. The Labute approximate surface area is 51.6 Å². The van der Waals surface area contributed by atoms with Crippen molar-refractivity contribution in [2.45, 2.75) is 19.8 Å². The molecule has 0 heteroatoms. The topological polar surface area (TPSA) is 0 Å². The third-order valence-corrected chi connectivity index (χ3v) is 1.04. The van der Waals surface area contributed by atoms with Gasteiger partial charge in [0.1, 0.15) is 0 Å². The van der Waals surface area contributed by atoms with E-state index in [1.165, 1.54) is 0 Å². The van der Waals surface area contributed by atoms with Crippen LogP contribution in [-0.2, 0) is 0 Å². The summed E-state index contributed by atoms with van der Waals surface area (Å²) in [7, 11) is 0. The molecule has 0 aliphatic carbocycles. The fourth-order valence-electron chi connectivity index (χ4n) is 0.569. The maximum atomic E-state index is 5.08. The Kier molecular flexibility index (Phi) is 4.07. The lowest BCUT2D eigenvalue weighted by molar-refractivity contribution is 0.614. The standard InChI is InChI=1S/C8H12/c1-4-6-8(3)7-5-2/h1,5,8H,2,6-7H2,3H3. The molecule has 0 aromatic heterocycles. The molecule has 0 amide bonds. The molecule has 0 saturated carbocycles. The third kappa shape index (κ3) is 3.49. The summed E-state index contributed by atoms with van der Waals surface area (Å²) in [6.45, 7) is 5.74. The Morgan fingerprint density at radius 3 is 2.88 bits per heavy atom. The van der Waals surface area contributed by atoms with Gasteiger partial charge >= 0.3 is 0 Å². The molecule has 0 radical (unpaired) electrons. The van der Waals surface area contributed by atoms with E-state index in [-0.39, 0.29) is 0 Å². The average Bonchev–Trinajstić information content (AvgIpc) is 1.68. The van der Waals surface area contributed by atoms with Crippen LogP contribution in [0.25, 0.3) is 0 Å². The predicted molar refractivity (Wildman–Crippen MR) is 37.4 cm³/mol. The van der Waals surface area contributed by atoms with E-state index in [4.69, 9.17) is 6.42 Å². The predicted octanol–water partition coefficient (Wildman–Crippen LogP) is 2.22. The zero-order chi connectivity index (χ0) is 6.41. The molecule has 0 N–H and O–H groups in total. The summed E-state index contributed by atoms with van der Waals surface area (Å²) in [6.07, 6.45) is 8.88. The van der Waals surface area contributed by atoms with Crippen molar-refractivity contribution in [1.29, 1.82) is 0 Å². The Hall–Kier alpha value is -0.700. The lowest BCUT2D eigenvalue weighted by Crippen LogP contribution is -1.88. The molecule has 0 fully saturated rings. The monoisotopic (exact) mass is 108 g/mol. The Bertz CT molecular complexity index is 95.1. The first kappa shape index (κ1) is 7.30. The molecule has 0 heterocycles. The van der Waals surface area contributed by atoms with Gasteiger partial charge in [-0.15, -0.1) is 18.9 Å². The van der Waals surface area contributed by atoms with Gasteiger partial charge in [0.05, 0.1) is 0 Å². The summed E-state index contributed by atoms with van der Waals surface area (Å²) in [5.41, 5.74) is 0. The van der Waals surface area contributed by atoms with Gasteiger partial charge in [-0.25, -0.2) is 0 Å². The Morgan fingerprint density at radius 2 is 2.50 bits per heavy atom. The van der Waals surface area contributed by atoms with Crippen LogP contribution in [0.15, 0.2) is 12.7 Å². The largest absolute Gasteiger partial charge is 0.120 e. The molecule has 0 aliphatic rings. The van der Waals surface area contributed by atoms with Crippen LogP contribution in [0.3, 0.4) is 0 Å². The van der Waals surface area contributed by atoms with Gasteiger partial charge in [-0.05, 0) is 12.3 Å². The van der Waals surface area contributed by atoms with Gasteiger partial charge in [0, 0.05) is 6.42 Å². The fourth-order valence-corrected chi connectivity index (χ4v) is 0.569. The molecule has 8 heavy (non-hydrogen) atoms. The van der Waals surface area contributed by atoms with Crippen molar-refractivity contribution in [2.75, 3.05) is 0 Å². The van der Waals surface area contributed by atoms with E-state index in [1.807, 2.05) is 6.08 Å². The van der Waals surface area contributed by atoms with Crippen LogP contribution in [0.2, 0.25) is 0 Å². The van der Waals surface area contributed by atoms with Crippen molar-refractivity contribution in [3.05, 3.63) is 12.7 Å². The maximum absolute atomic E-state index is 5.08. The van der Waals surface area contributed by atoms with Crippen molar-refractivity contribution in [1.82, 2.24) is 0 Å². The van der Waals surface area contributed by atoms with Crippen molar-refractivity contribution in [3.63, 3.8) is 0 Å². The molecule has 0 aromatic carbocycles. The second-order valence-electron chi connectivity index (χ2n) is 2.04. The lowest BCUT2D eigenvalue weighted by atomic mass is 10.1. The third-order valence-electron chi connectivity index (χ3n) is 1.04. The van der Waals surface area contributed by atoms with Crippen LogP contribution < -0.4 is 0 Å². The summed E-state index contributed by atoms with van der Waals surface area (Å²) in [5, 5.41) is 0.